The number of aliphatic carboxylic acids is 1. The van der Waals surface area contributed by atoms with Crippen molar-refractivity contribution in [3.63, 3.8) is 0 Å². The van der Waals surface area contributed by atoms with Crippen LogP contribution in [0.4, 0.5) is 0 Å². The Morgan fingerprint density at radius 1 is 1.42 bits per heavy atom. The third-order valence-corrected chi connectivity index (χ3v) is 3.44. The minimum Gasteiger partial charge on any atom is -0.481 e. The van der Waals surface area contributed by atoms with Crippen molar-refractivity contribution in [3.05, 3.63) is 0 Å². The summed E-state index contributed by atoms with van der Waals surface area (Å²) in [4.78, 5) is 35.8. The first-order valence-electron chi connectivity index (χ1n) is 6.56. The quantitative estimate of drug-likeness (QED) is 0.562. The molecule has 3 N–H and O–H groups in total. The van der Waals surface area contributed by atoms with Gasteiger partial charge in [-0.3, -0.25) is 19.3 Å². The van der Waals surface area contributed by atoms with Gasteiger partial charge in [0, 0.05) is 19.6 Å². The normalized spacial score (nSPS) is 23.8. The fourth-order valence-corrected chi connectivity index (χ4v) is 2.16. The molecular formula is C12H19N3O4. The summed E-state index contributed by atoms with van der Waals surface area (Å²) in [5.41, 5.74) is 0. The van der Waals surface area contributed by atoms with Crippen LogP contribution in [0.2, 0.25) is 0 Å². The SMILES string of the molecule is O=C(O)CC1C(=O)NCCN1CC(=O)NCC1CC1. The van der Waals surface area contributed by atoms with E-state index in [0.29, 0.717) is 25.6 Å². The summed E-state index contributed by atoms with van der Waals surface area (Å²) in [7, 11) is 0. The summed E-state index contributed by atoms with van der Waals surface area (Å²) in [6, 6.07) is -0.752. The minimum absolute atomic E-state index is 0.0814. The van der Waals surface area contributed by atoms with Gasteiger partial charge in [0.15, 0.2) is 0 Å². The summed E-state index contributed by atoms with van der Waals surface area (Å²) in [5.74, 6) is -0.894. The van der Waals surface area contributed by atoms with Gasteiger partial charge in [0.05, 0.1) is 13.0 Å². The largest absolute Gasteiger partial charge is 0.481 e. The molecule has 0 spiro atoms. The Labute approximate surface area is 111 Å². The number of nitrogens with one attached hydrogen (secondary N) is 2. The number of carboxylic acid groups (broad SMARTS) is 1. The van der Waals surface area contributed by atoms with E-state index in [9.17, 15) is 14.4 Å². The molecule has 1 aliphatic heterocycles. The Balaban J connectivity index is 1.85. The minimum atomic E-state index is -1.04. The van der Waals surface area contributed by atoms with Gasteiger partial charge >= 0.3 is 5.97 Å². The van der Waals surface area contributed by atoms with Crippen LogP contribution in [0.1, 0.15) is 19.3 Å². The van der Waals surface area contributed by atoms with E-state index in [1.54, 1.807) is 4.90 Å². The highest BCUT2D eigenvalue weighted by atomic mass is 16.4. The molecule has 1 atom stereocenters. The van der Waals surface area contributed by atoms with E-state index in [-0.39, 0.29) is 24.8 Å². The van der Waals surface area contributed by atoms with E-state index in [0.717, 1.165) is 12.8 Å². The third kappa shape index (κ3) is 4.20. The second-order valence-corrected chi connectivity index (χ2v) is 5.12. The molecule has 1 saturated heterocycles. The lowest BCUT2D eigenvalue weighted by Crippen LogP contribution is -2.57. The van der Waals surface area contributed by atoms with Crippen LogP contribution in [0.3, 0.4) is 0 Å². The van der Waals surface area contributed by atoms with Crippen LogP contribution in [0.5, 0.6) is 0 Å². The first-order chi connectivity index (χ1) is 9.06. The van der Waals surface area contributed by atoms with E-state index < -0.39 is 12.0 Å². The highest BCUT2D eigenvalue weighted by Gasteiger charge is 2.32. The number of rotatable bonds is 6. The molecule has 1 saturated carbocycles. The summed E-state index contributed by atoms with van der Waals surface area (Å²) >= 11 is 0. The van der Waals surface area contributed by atoms with Crippen molar-refractivity contribution >= 4 is 17.8 Å². The standard InChI is InChI=1S/C12H19N3O4/c16-10(14-6-8-1-2-8)7-15-4-3-13-12(19)9(15)5-11(17)18/h8-9H,1-7H2,(H,13,19)(H,14,16)(H,17,18). The fourth-order valence-electron chi connectivity index (χ4n) is 2.16. The number of hydrogen-bond acceptors (Lipinski definition) is 4. The second kappa shape index (κ2) is 6.01. The van der Waals surface area contributed by atoms with Gasteiger partial charge in [-0.25, -0.2) is 0 Å². The van der Waals surface area contributed by atoms with E-state index in [1.807, 2.05) is 0 Å². The summed E-state index contributed by atoms with van der Waals surface area (Å²) in [6.07, 6.45) is 2.05. The second-order valence-electron chi connectivity index (χ2n) is 5.12. The Morgan fingerprint density at radius 3 is 2.79 bits per heavy atom. The molecule has 106 valence electrons. The molecule has 1 aliphatic carbocycles. The predicted octanol–water partition coefficient (Wildman–Crippen LogP) is -1.21. The van der Waals surface area contributed by atoms with Crippen LogP contribution >= 0.6 is 0 Å². The van der Waals surface area contributed by atoms with Crippen molar-refractivity contribution in [3.8, 4) is 0 Å². The Bertz CT molecular complexity index is 381. The predicted molar refractivity (Wildman–Crippen MR) is 66.4 cm³/mol. The highest BCUT2D eigenvalue weighted by Crippen LogP contribution is 2.27. The molecule has 0 aromatic rings. The number of carbonyl (C=O) groups is 3. The molecule has 0 bridgehead atoms. The highest BCUT2D eigenvalue weighted by molar-refractivity contribution is 5.87. The van der Waals surface area contributed by atoms with Gasteiger partial charge in [-0.1, -0.05) is 0 Å². The molecule has 7 nitrogen and oxygen atoms in total. The van der Waals surface area contributed by atoms with Crippen molar-refractivity contribution in [1.29, 1.82) is 0 Å². The molecule has 1 heterocycles. The molecule has 0 aromatic carbocycles. The lowest BCUT2D eigenvalue weighted by molar-refractivity contribution is -0.144. The topological polar surface area (TPSA) is 98.7 Å². The number of carboxylic acids is 1. The molecule has 2 fully saturated rings. The smallest absolute Gasteiger partial charge is 0.305 e. The van der Waals surface area contributed by atoms with Crippen LogP contribution < -0.4 is 10.6 Å². The maximum absolute atomic E-state index is 11.7. The van der Waals surface area contributed by atoms with Gasteiger partial charge < -0.3 is 15.7 Å². The maximum atomic E-state index is 11.7. The molecule has 2 rings (SSSR count). The van der Waals surface area contributed by atoms with Crippen molar-refractivity contribution in [2.24, 2.45) is 5.92 Å². The average Bonchev–Trinajstić information content (AvgIpc) is 3.14. The van der Waals surface area contributed by atoms with Gasteiger partial charge in [-0.05, 0) is 18.8 Å². The van der Waals surface area contributed by atoms with Crippen LogP contribution in [0.15, 0.2) is 0 Å². The van der Waals surface area contributed by atoms with Gasteiger partial charge in [0.2, 0.25) is 11.8 Å². The molecular weight excluding hydrogens is 250 g/mol. The van der Waals surface area contributed by atoms with Gasteiger partial charge in [0.1, 0.15) is 6.04 Å². The molecule has 2 amide bonds. The molecule has 7 heteroatoms. The number of piperazine rings is 1. The summed E-state index contributed by atoms with van der Waals surface area (Å²) in [5, 5.41) is 14.3. The zero-order chi connectivity index (χ0) is 13.8. The summed E-state index contributed by atoms with van der Waals surface area (Å²) in [6.45, 7) is 1.71. The van der Waals surface area contributed by atoms with Crippen LogP contribution in [0, 0.1) is 5.92 Å². The lowest BCUT2D eigenvalue weighted by Gasteiger charge is -2.33. The first-order valence-corrected chi connectivity index (χ1v) is 6.56. The number of nitrogens with zero attached hydrogens (tertiary/aromatic N) is 1. The van der Waals surface area contributed by atoms with Crippen LogP contribution in [-0.4, -0.2) is 60.0 Å². The van der Waals surface area contributed by atoms with E-state index >= 15 is 0 Å². The maximum Gasteiger partial charge on any atom is 0.305 e. The number of hydrogen-bond donors (Lipinski definition) is 3. The van der Waals surface area contributed by atoms with Gasteiger partial charge in [0.25, 0.3) is 0 Å². The lowest BCUT2D eigenvalue weighted by atomic mass is 10.1. The number of carbonyl (C=O) groups excluding carboxylic acids is 2. The first kappa shape index (κ1) is 13.8. The van der Waals surface area contributed by atoms with Crippen LogP contribution in [-0.2, 0) is 14.4 Å². The zero-order valence-electron chi connectivity index (χ0n) is 10.7. The summed E-state index contributed by atoms with van der Waals surface area (Å²) < 4.78 is 0. The Kier molecular flexibility index (Phi) is 4.36. The van der Waals surface area contributed by atoms with E-state index in [4.69, 9.17) is 5.11 Å². The Hall–Kier alpha value is -1.63. The third-order valence-electron chi connectivity index (χ3n) is 3.44. The van der Waals surface area contributed by atoms with E-state index in [2.05, 4.69) is 10.6 Å². The monoisotopic (exact) mass is 269 g/mol. The van der Waals surface area contributed by atoms with Crippen LogP contribution in [0.25, 0.3) is 0 Å². The Morgan fingerprint density at radius 2 is 2.16 bits per heavy atom. The molecule has 19 heavy (non-hydrogen) atoms. The van der Waals surface area contributed by atoms with Crippen molar-refractivity contribution in [1.82, 2.24) is 15.5 Å². The fraction of sp³-hybridized carbons (Fsp3) is 0.750. The molecule has 2 aliphatic rings. The van der Waals surface area contributed by atoms with E-state index in [1.165, 1.54) is 0 Å². The molecule has 1 unspecified atom stereocenters. The van der Waals surface area contributed by atoms with Crippen molar-refractivity contribution < 1.29 is 19.5 Å². The number of amides is 2. The van der Waals surface area contributed by atoms with Crippen molar-refractivity contribution in [2.75, 3.05) is 26.2 Å². The van der Waals surface area contributed by atoms with Gasteiger partial charge in [-0.2, -0.15) is 0 Å². The van der Waals surface area contributed by atoms with Gasteiger partial charge in [-0.15, -0.1) is 0 Å². The van der Waals surface area contributed by atoms with Crippen molar-refractivity contribution in [2.45, 2.75) is 25.3 Å². The molecule has 0 aromatic heterocycles. The average molecular weight is 269 g/mol. The molecule has 0 radical (unpaired) electrons. The zero-order valence-corrected chi connectivity index (χ0v) is 10.7.